The number of carbonyl (C=O) groups is 1. The Bertz CT molecular complexity index is 696. The highest BCUT2D eigenvalue weighted by molar-refractivity contribution is 7.89. The smallest absolute Gasteiger partial charge is 0.265 e. The second-order valence-electron chi connectivity index (χ2n) is 6.01. The van der Waals surface area contributed by atoms with E-state index in [0.29, 0.717) is 30.9 Å². The van der Waals surface area contributed by atoms with Crippen molar-refractivity contribution >= 4 is 21.6 Å². The zero-order valence-corrected chi connectivity index (χ0v) is 14.1. The van der Waals surface area contributed by atoms with Crippen molar-refractivity contribution in [2.24, 2.45) is 0 Å². The van der Waals surface area contributed by atoms with Crippen LogP contribution in [-0.4, -0.2) is 37.8 Å². The van der Waals surface area contributed by atoms with E-state index < -0.39 is 16.1 Å². The topological polar surface area (TPSA) is 75.7 Å². The van der Waals surface area contributed by atoms with Crippen molar-refractivity contribution in [3.63, 3.8) is 0 Å². The van der Waals surface area contributed by atoms with E-state index in [0.717, 1.165) is 25.7 Å². The van der Waals surface area contributed by atoms with E-state index in [1.807, 2.05) is 0 Å². The minimum absolute atomic E-state index is 0.203. The van der Waals surface area contributed by atoms with Crippen LogP contribution in [0.5, 0.6) is 5.75 Å². The molecule has 2 aliphatic rings. The van der Waals surface area contributed by atoms with Gasteiger partial charge in [-0.05, 0) is 43.9 Å². The van der Waals surface area contributed by atoms with Gasteiger partial charge >= 0.3 is 0 Å². The van der Waals surface area contributed by atoms with Crippen LogP contribution in [0.4, 0.5) is 5.69 Å². The van der Waals surface area contributed by atoms with Crippen molar-refractivity contribution in [1.29, 1.82) is 0 Å². The Labute approximate surface area is 136 Å². The van der Waals surface area contributed by atoms with Gasteiger partial charge in [0.1, 0.15) is 5.75 Å². The summed E-state index contributed by atoms with van der Waals surface area (Å²) in [6, 6.07) is 4.69. The molecule has 2 aliphatic heterocycles. The summed E-state index contributed by atoms with van der Waals surface area (Å²) in [5, 5.41) is 2.78. The molecule has 126 valence electrons. The highest BCUT2D eigenvalue weighted by Gasteiger charge is 2.31. The SMILES string of the molecule is CCCC[C@H]1Oc2ccc(S(=O)(=O)N3CCCC3)cc2NC1=O. The van der Waals surface area contributed by atoms with Crippen LogP contribution in [0, 0.1) is 0 Å². The van der Waals surface area contributed by atoms with Crippen molar-refractivity contribution in [2.45, 2.75) is 50.0 Å². The number of hydrogen-bond donors (Lipinski definition) is 1. The van der Waals surface area contributed by atoms with Gasteiger partial charge in [0, 0.05) is 13.1 Å². The average molecular weight is 338 g/mol. The van der Waals surface area contributed by atoms with E-state index in [-0.39, 0.29) is 10.8 Å². The van der Waals surface area contributed by atoms with Crippen molar-refractivity contribution in [1.82, 2.24) is 4.31 Å². The Hall–Kier alpha value is -1.60. The van der Waals surface area contributed by atoms with Gasteiger partial charge in [-0.1, -0.05) is 13.3 Å². The predicted molar refractivity (Wildman–Crippen MR) is 87.0 cm³/mol. The molecule has 0 spiro atoms. The van der Waals surface area contributed by atoms with Crippen LogP contribution in [0.1, 0.15) is 39.0 Å². The fourth-order valence-electron chi connectivity index (χ4n) is 2.95. The molecule has 0 aromatic heterocycles. The van der Waals surface area contributed by atoms with Crippen molar-refractivity contribution < 1.29 is 17.9 Å². The van der Waals surface area contributed by atoms with Gasteiger partial charge in [-0.3, -0.25) is 4.79 Å². The first-order valence-corrected chi connectivity index (χ1v) is 9.58. The molecule has 1 N–H and O–H groups in total. The minimum Gasteiger partial charge on any atom is -0.478 e. The van der Waals surface area contributed by atoms with Gasteiger partial charge in [0.2, 0.25) is 10.0 Å². The average Bonchev–Trinajstić information content (AvgIpc) is 3.07. The molecule has 1 aromatic rings. The predicted octanol–water partition coefficient (Wildman–Crippen LogP) is 2.36. The summed E-state index contributed by atoms with van der Waals surface area (Å²) in [6.45, 7) is 3.17. The van der Waals surface area contributed by atoms with Crippen LogP contribution in [0.2, 0.25) is 0 Å². The number of rotatable bonds is 5. The van der Waals surface area contributed by atoms with Crippen molar-refractivity contribution in [2.75, 3.05) is 18.4 Å². The van der Waals surface area contributed by atoms with Gasteiger partial charge < -0.3 is 10.1 Å². The number of fused-ring (bicyclic) bond motifs is 1. The fraction of sp³-hybridized carbons (Fsp3) is 0.562. The summed E-state index contributed by atoms with van der Waals surface area (Å²) in [5.74, 6) is 0.327. The van der Waals surface area contributed by atoms with Crippen LogP contribution in [0.3, 0.4) is 0 Å². The summed E-state index contributed by atoms with van der Waals surface area (Å²) in [7, 11) is -3.49. The van der Waals surface area contributed by atoms with Gasteiger partial charge in [0.15, 0.2) is 6.10 Å². The number of unbranched alkanes of at least 4 members (excludes halogenated alkanes) is 1. The first kappa shape index (κ1) is 16.3. The standard InChI is InChI=1S/C16H22N2O4S/c1-2-3-6-15-16(19)17-13-11-12(7-8-14(13)22-15)23(20,21)18-9-4-5-10-18/h7-8,11,15H,2-6,9-10H2,1H3,(H,17,19)/t15-/m1/s1. The summed E-state index contributed by atoms with van der Waals surface area (Å²) in [6.07, 6.45) is 3.85. The van der Waals surface area contributed by atoms with E-state index in [2.05, 4.69) is 12.2 Å². The quantitative estimate of drug-likeness (QED) is 0.894. The van der Waals surface area contributed by atoms with Crippen LogP contribution < -0.4 is 10.1 Å². The Morgan fingerprint density at radius 2 is 2.04 bits per heavy atom. The van der Waals surface area contributed by atoms with Crippen molar-refractivity contribution in [3.05, 3.63) is 18.2 Å². The molecule has 0 aliphatic carbocycles. The summed E-state index contributed by atoms with van der Waals surface area (Å²) in [4.78, 5) is 12.3. The number of nitrogens with zero attached hydrogens (tertiary/aromatic N) is 1. The highest BCUT2D eigenvalue weighted by Crippen LogP contribution is 2.34. The monoisotopic (exact) mass is 338 g/mol. The molecule has 1 amide bonds. The minimum atomic E-state index is -3.49. The molecule has 0 bridgehead atoms. The molecular formula is C16H22N2O4S. The Morgan fingerprint density at radius 1 is 1.30 bits per heavy atom. The molecule has 3 rings (SSSR count). The number of sulfonamides is 1. The van der Waals surface area contributed by atoms with Crippen LogP contribution in [-0.2, 0) is 14.8 Å². The van der Waals surface area contributed by atoms with Gasteiger partial charge in [0.25, 0.3) is 5.91 Å². The molecule has 1 fully saturated rings. The van der Waals surface area contributed by atoms with E-state index in [1.54, 1.807) is 12.1 Å². The third kappa shape index (κ3) is 3.21. The molecule has 1 saturated heterocycles. The number of amides is 1. The maximum Gasteiger partial charge on any atom is 0.265 e. The second-order valence-corrected chi connectivity index (χ2v) is 7.95. The fourth-order valence-corrected chi connectivity index (χ4v) is 4.49. The number of benzene rings is 1. The summed E-state index contributed by atoms with van der Waals surface area (Å²) < 4.78 is 32.4. The number of hydrogen-bond acceptors (Lipinski definition) is 4. The normalized spacial score (nSPS) is 21.6. The zero-order valence-electron chi connectivity index (χ0n) is 13.2. The molecular weight excluding hydrogens is 316 g/mol. The van der Waals surface area contributed by atoms with Gasteiger partial charge in [-0.15, -0.1) is 0 Å². The lowest BCUT2D eigenvalue weighted by Gasteiger charge is -2.26. The third-order valence-electron chi connectivity index (χ3n) is 4.29. The van der Waals surface area contributed by atoms with Crippen LogP contribution in [0.25, 0.3) is 0 Å². The molecule has 1 atom stereocenters. The number of nitrogens with one attached hydrogen (secondary N) is 1. The second kappa shape index (κ2) is 6.49. The lowest BCUT2D eigenvalue weighted by Crippen LogP contribution is -2.37. The van der Waals surface area contributed by atoms with E-state index in [4.69, 9.17) is 4.74 Å². The van der Waals surface area contributed by atoms with E-state index in [9.17, 15) is 13.2 Å². The Kier molecular flexibility index (Phi) is 4.59. The van der Waals surface area contributed by atoms with Crippen molar-refractivity contribution in [3.8, 4) is 5.75 Å². The number of carbonyl (C=O) groups excluding carboxylic acids is 1. The lowest BCUT2D eigenvalue weighted by atomic mass is 10.1. The Balaban J connectivity index is 1.83. The molecule has 23 heavy (non-hydrogen) atoms. The van der Waals surface area contributed by atoms with Gasteiger partial charge in [0.05, 0.1) is 10.6 Å². The maximum atomic E-state index is 12.6. The molecule has 7 heteroatoms. The molecule has 0 saturated carbocycles. The first-order valence-electron chi connectivity index (χ1n) is 8.14. The van der Waals surface area contributed by atoms with E-state index >= 15 is 0 Å². The number of anilines is 1. The van der Waals surface area contributed by atoms with Gasteiger partial charge in [-0.25, -0.2) is 8.42 Å². The number of ether oxygens (including phenoxy) is 1. The largest absolute Gasteiger partial charge is 0.478 e. The van der Waals surface area contributed by atoms with Crippen LogP contribution >= 0.6 is 0 Å². The maximum absolute atomic E-state index is 12.6. The van der Waals surface area contributed by atoms with Gasteiger partial charge in [-0.2, -0.15) is 4.31 Å². The third-order valence-corrected chi connectivity index (χ3v) is 6.19. The summed E-state index contributed by atoms with van der Waals surface area (Å²) >= 11 is 0. The van der Waals surface area contributed by atoms with E-state index in [1.165, 1.54) is 10.4 Å². The molecule has 6 nitrogen and oxygen atoms in total. The molecule has 0 unspecified atom stereocenters. The molecule has 2 heterocycles. The molecule has 0 radical (unpaired) electrons. The first-order chi connectivity index (χ1) is 11.0. The Morgan fingerprint density at radius 3 is 2.74 bits per heavy atom. The zero-order chi connectivity index (χ0) is 16.4. The highest BCUT2D eigenvalue weighted by atomic mass is 32.2. The van der Waals surface area contributed by atoms with Crippen LogP contribution in [0.15, 0.2) is 23.1 Å². The lowest BCUT2D eigenvalue weighted by molar-refractivity contribution is -0.123. The summed E-state index contributed by atoms with van der Waals surface area (Å²) in [5.41, 5.74) is 0.433. The molecule has 1 aromatic carbocycles.